The highest BCUT2D eigenvalue weighted by atomic mass is 32.2. The van der Waals surface area contributed by atoms with E-state index in [4.69, 9.17) is 18.0 Å². The van der Waals surface area contributed by atoms with Gasteiger partial charge in [-0.2, -0.15) is 0 Å². The Morgan fingerprint density at radius 2 is 2.06 bits per heavy atom. The summed E-state index contributed by atoms with van der Waals surface area (Å²) in [6, 6.07) is 0. The van der Waals surface area contributed by atoms with Gasteiger partial charge >= 0.3 is 0 Å². The van der Waals surface area contributed by atoms with E-state index in [0.29, 0.717) is 18.8 Å². The number of thiocarbonyl (C=S) groups is 1. The zero-order valence-electron chi connectivity index (χ0n) is 10.7. The molecule has 0 radical (unpaired) electrons. The number of hydrogen-bond donors (Lipinski definition) is 2. The van der Waals surface area contributed by atoms with Crippen LogP contribution in [0.1, 0.15) is 26.7 Å². The standard InChI is InChI=1S/C11H20N2O3S2/c1-3-18(15,16)5-4-13-10(14)11(9(12)17)6-8(2)7-11/h8H,3-7H2,1-2H3,(H2,12,17)(H,13,14). The van der Waals surface area contributed by atoms with Crippen LogP contribution in [0.25, 0.3) is 0 Å². The van der Waals surface area contributed by atoms with Crippen LogP contribution in [0, 0.1) is 11.3 Å². The molecule has 3 N–H and O–H groups in total. The van der Waals surface area contributed by atoms with E-state index in [9.17, 15) is 13.2 Å². The summed E-state index contributed by atoms with van der Waals surface area (Å²) in [6.45, 7) is 3.74. The van der Waals surface area contributed by atoms with Gasteiger partial charge in [0.05, 0.1) is 16.2 Å². The molecule has 0 aliphatic heterocycles. The molecule has 1 rings (SSSR count). The largest absolute Gasteiger partial charge is 0.392 e. The summed E-state index contributed by atoms with van der Waals surface area (Å²) >= 11 is 4.96. The first-order valence-corrected chi connectivity index (χ1v) is 8.25. The van der Waals surface area contributed by atoms with Gasteiger partial charge in [-0.25, -0.2) is 8.42 Å². The lowest BCUT2D eigenvalue weighted by Crippen LogP contribution is -2.56. The molecule has 0 aromatic rings. The minimum Gasteiger partial charge on any atom is -0.392 e. The molecule has 5 nitrogen and oxygen atoms in total. The normalized spacial score (nSPS) is 27.3. The van der Waals surface area contributed by atoms with Crippen LogP contribution in [-0.4, -0.2) is 37.4 Å². The van der Waals surface area contributed by atoms with Crippen LogP contribution in [0.5, 0.6) is 0 Å². The maximum Gasteiger partial charge on any atom is 0.233 e. The molecular weight excluding hydrogens is 272 g/mol. The highest BCUT2D eigenvalue weighted by Crippen LogP contribution is 2.45. The second kappa shape index (κ2) is 5.52. The van der Waals surface area contributed by atoms with Gasteiger partial charge < -0.3 is 11.1 Å². The Bertz CT molecular complexity index is 439. The Hall–Kier alpha value is -0.690. The number of amides is 1. The summed E-state index contributed by atoms with van der Waals surface area (Å²) in [5.41, 5.74) is 4.87. The van der Waals surface area contributed by atoms with E-state index in [1.54, 1.807) is 6.92 Å². The van der Waals surface area contributed by atoms with Crippen molar-refractivity contribution in [3.63, 3.8) is 0 Å². The van der Waals surface area contributed by atoms with Crippen molar-refractivity contribution in [2.75, 3.05) is 18.1 Å². The van der Waals surface area contributed by atoms with Gasteiger partial charge in [-0.05, 0) is 18.8 Å². The third-order valence-corrected chi connectivity index (χ3v) is 5.54. The van der Waals surface area contributed by atoms with E-state index in [0.717, 1.165) is 0 Å². The Morgan fingerprint density at radius 1 is 1.50 bits per heavy atom. The first kappa shape index (κ1) is 15.4. The molecule has 1 aliphatic rings. The fraction of sp³-hybridized carbons (Fsp3) is 0.818. The molecule has 1 aliphatic carbocycles. The summed E-state index contributed by atoms with van der Waals surface area (Å²) in [5, 5.41) is 2.63. The summed E-state index contributed by atoms with van der Waals surface area (Å²) in [6.07, 6.45) is 1.30. The van der Waals surface area contributed by atoms with Crippen LogP contribution in [-0.2, 0) is 14.6 Å². The molecule has 1 amide bonds. The first-order valence-electron chi connectivity index (χ1n) is 6.02. The maximum absolute atomic E-state index is 12.0. The molecule has 0 saturated heterocycles. The number of sulfone groups is 1. The third kappa shape index (κ3) is 3.20. The van der Waals surface area contributed by atoms with Gasteiger partial charge in [-0.15, -0.1) is 0 Å². The average molecular weight is 292 g/mol. The van der Waals surface area contributed by atoms with Crippen molar-refractivity contribution in [1.82, 2.24) is 5.32 Å². The van der Waals surface area contributed by atoms with Crippen molar-refractivity contribution in [3.05, 3.63) is 0 Å². The van der Waals surface area contributed by atoms with Gasteiger partial charge in [0.15, 0.2) is 9.84 Å². The predicted molar refractivity (Wildman–Crippen MR) is 75.0 cm³/mol. The van der Waals surface area contributed by atoms with Gasteiger partial charge in [0.1, 0.15) is 0 Å². The Labute approximate surface area is 113 Å². The SMILES string of the molecule is CCS(=O)(=O)CCNC(=O)C1(C(N)=S)CC(C)C1. The van der Waals surface area contributed by atoms with E-state index in [-0.39, 0.29) is 28.9 Å². The lowest BCUT2D eigenvalue weighted by molar-refractivity contribution is -0.132. The number of rotatable bonds is 6. The smallest absolute Gasteiger partial charge is 0.233 e. The molecule has 104 valence electrons. The van der Waals surface area contributed by atoms with Crippen molar-refractivity contribution in [2.45, 2.75) is 26.7 Å². The van der Waals surface area contributed by atoms with Crippen molar-refractivity contribution in [1.29, 1.82) is 0 Å². The Morgan fingerprint density at radius 3 is 2.44 bits per heavy atom. The number of nitrogens with two attached hydrogens (primary N) is 1. The molecule has 0 spiro atoms. The fourth-order valence-electron chi connectivity index (χ4n) is 2.26. The quantitative estimate of drug-likeness (QED) is 0.685. The highest BCUT2D eigenvalue weighted by Gasteiger charge is 2.50. The molecule has 0 bridgehead atoms. The first-order chi connectivity index (χ1) is 8.23. The second-order valence-corrected chi connectivity index (χ2v) is 7.86. The lowest BCUT2D eigenvalue weighted by Gasteiger charge is -2.44. The van der Waals surface area contributed by atoms with E-state index in [1.165, 1.54) is 0 Å². The topological polar surface area (TPSA) is 89.3 Å². The summed E-state index contributed by atoms with van der Waals surface area (Å²) in [7, 11) is -3.06. The summed E-state index contributed by atoms with van der Waals surface area (Å²) < 4.78 is 22.6. The Kier molecular flexibility index (Phi) is 4.72. The summed E-state index contributed by atoms with van der Waals surface area (Å²) in [5.74, 6) is 0.231. The molecule has 1 saturated carbocycles. The zero-order chi connectivity index (χ0) is 14.0. The van der Waals surface area contributed by atoms with Crippen molar-refractivity contribution in [2.24, 2.45) is 17.1 Å². The molecule has 0 atom stereocenters. The van der Waals surface area contributed by atoms with E-state index < -0.39 is 15.3 Å². The molecule has 0 unspecified atom stereocenters. The monoisotopic (exact) mass is 292 g/mol. The highest BCUT2D eigenvalue weighted by molar-refractivity contribution is 7.91. The average Bonchev–Trinajstić information content (AvgIpc) is 2.23. The molecule has 0 aromatic heterocycles. The van der Waals surface area contributed by atoms with Crippen molar-refractivity contribution < 1.29 is 13.2 Å². The van der Waals surface area contributed by atoms with Crippen LogP contribution in [0.4, 0.5) is 0 Å². The maximum atomic E-state index is 12.0. The van der Waals surface area contributed by atoms with Crippen LogP contribution in [0.3, 0.4) is 0 Å². The third-order valence-electron chi connectivity index (χ3n) is 3.44. The Balaban J connectivity index is 2.53. The minimum absolute atomic E-state index is 0.0434. The molecule has 0 aromatic carbocycles. The van der Waals surface area contributed by atoms with Crippen LogP contribution >= 0.6 is 12.2 Å². The van der Waals surface area contributed by atoms with Gasteiger partial charge in [0.25, 0.3) is 0 Å². The van der Waals surface area contributed by atoms with Crippen molar-refractivity contribution >= 4 is 33.0 Å². The van der Waals surface area contributed by atoms with Gasteiger partial charge in [-0.1, -0.05) is 26.1 Å². The molecule has 1 fully saturated rings. The fourth-order valence-corrected chi connectivity index (χ4v) is 3.22. The van der Waals surface area contributed by atoms with Gasteiger partial charge in [0, 0.05) is 12.3 Å². The molecular formula is C11H20N2O3S2. The second-order valence-electron chi connectivity index (χ2n) is 4.95. The zero-order valence-corrected chi connectivity index (χ0v) is 12.4. The lowest BCUT2D eigenvalue weighted by atomic mass is 9.62. The molecule has 18 heavy (non-hydrogen) atoms. The van der Waals surface area contributed by atoms with E-state index in [1.807, 2.05) is 6.92 Å². The predicted octanol–water partition coefficient (Wildman–Crippen LogP) is 0.240. The van der Waals surface area contributed by atoms with Gasteiger partial charge in [-0.3, -0.25) is 4.79 Å². The molecule has 0 heterocycles. The van der Waals surface area contributed by atoms with E-state index >= 15 is 0 Å². The van der Waals surface area contributed by atoms with Gasteiger partial charge in [0.2, 0.25) is 5.91 Å². The summed E-state index contributed by atoms with van der Waals surface area (Å²) in [4.78, 5) is 12.2. The van der Waals surface area contributed by atoms with Crippen molar-refractivity contribution in [3.8, 4) is 0 Å². The van der Waals surface area contributed by atoms with Crippen LogP contribution < -0.4 is 11.1 Å². The number of nitrogens with one attached hydrogen (secondary N) is 1. The van der Waals surface area contributed by atoms with Crippen LogP contribution in [0.2, 0.25) is 0 Å². The number of carbonyl (C=O) groups excluding carboxylic acids is 1. The number of carbonyl (C=O) groups is 1. The van der Waals surface area contributed by atoms with E-state index in [2.05, 4.69) is 5.32 Å². The van der Waals surface area contributed by atoms with Crippen LogP contribution in [0.15, 0.2) is 0 Å². The number of hydrogen-bond acceptors (Lipinski definition) is 4. The minimum atomic E-state index is -3.06. The molecule has 7 heteroatoms.